The van der Waals surface area contributed by atoms with E-state index in [0.717, 1.165) is 63.2 Å². The highest BCUT2D eigenvalue weighted by Gasteiger charge is 2.47. The standard InChI is InChI=1S/C42H63NO3/c1-6-29-9-12-36(13-10-29)46-40-14-11-31(20-28(40)5)21-32-19-27(4)37-24-33(8-3)42(44)39(38(37)23-32)25-35-22-30(7-2)26-43-41(35)34-15-17-45-18-16-34/h8,20,24,26-27,29-30,32,34-39,41H,3,6-7,9-19,21-23,25H2,1-2,4-5H3. The van der Waals surface area contributed by atoms with Crippen molar-refractivity contribution in [3.8, 4) is 0 Å². The van der Waals surface area contributed by atoms with Crippen LogP contribution in [0, 0.1) is 53.3 Å². The van der Waals surface area contributed by atoms with Crippen molar-refractivity contribution in [2.24, 2.45) is 58.3 Å². The van der Waals surface area contributed by atoms with Crippen molar-refractivity contribution >= 4 is 12.0 Å². The van der Waals surface area contributed by atoms with E-state index in [1.807, 2.05) is 6.08 Å². The number of carbonyl (C=O) groups is 1. The Morgan fingerprint density at radius 1 is 1.00 bits per heavy atom. The van der Waals surface area contributed by atoms with Crippen LogP contribution in [0.15, 0.2) is 52.3 Å². The second-order valence-electron chi connectivity index (χ2n) is 16.3. The molecule has 1 saturated heterocycles. The molecular weight excluding hydrogens is 566 g/mol. The molecule has 4 aliphatic carbocycles. The summed E-state index contributed by atoms with van der Waals surface area (Å²) in [7, 11) is 0. The normalized spacial score (nSPS) is 39.0. The minimum atomic E-state index is 0.0937. The molecule has 2 aliphatic heterocycles. The lowest BCUT2D eigenvalue weighted by Gasteiger charge is -2.47. The minimum Gasteiger partial charge on any atom is -0.494 e. The molecule has 4 heteroatoms. The molecule has 46 heavy (non-hydrogen) atoms. The average Bonchev–Trinajstić information content (AvgIpc) is 3.08. The first-order valence-corrected chi connectivity index (χ1v) is 19.4. The fraction of sp³-hybridized carbons (Fsp3) is 0.762. The summed E-state index contributed by atoms with van der Waals surface area (Å²) in [6.07, 6.45) is 27.0. The smallest absolute Gasteiger partial charge is 0.165 e. The van der Waals surface area contributed by atoms with Gasteiger partial charge >= 0.3 is 0 Å². The maximum absolute atomic E-state index is 14.2. The van der Waals surface area contributed by atoms with Gasteiger partial charge in [0.1, 0.15) is 0 Å². The Kier molecular flexibility index (Phi) is 11.5. The molecule has 4 nitrogen and oxygen atoms in total. The summed E-state index contributed by atoms with van der Waals surface area (Å²) in [4.78, 5) is 19.4. The molecule has 2 heterocycles. The van der Waals surface area contributed by atoms with E-state index >= 15 is 0 Å². The van der Waals surface area contributed by atoms with Crippen LogP contribution in [-0.4, -0.2) is 37.4 Å². The number of carbonyl (C=O) groups excluding carboxylic acids is 1. The first kappa shape index (κ1) is 33.9. The maximum atomic E-state index is 14.2. The van der Waals surface area contributed by atoms with Gasteiger partial charge in [-0.1, -0.05) is 57.6 Å². The van der Waals surface area contributed by atoms with Gasteiger partial charge in [0.2, 0.25) is 0 Å². The van der Waals surface area contributed by atoms with Crippen LogP contribution < -0.4 is 0 Å². The molecule has 0 bridgehead atoms. The Morgan fingerprint density at radius 3 is 2.48 bits per heavy atom. The third-order valence-corrected chi connectivity index (χ3v) is 13.3. The van der Waals surface area contributed by atoms with Crippen molar-refractivity contribution in [1.82, 2.24) is 0 Å². The van der Waals surface area contributed by atoms with Crippen LogP contribution >= 0.6 is 0 Å². The number of fused-ring (bicyclic) bond motifs is 1. The predicted octanol–water partition coefficient (Wildman–Crippen LogP) is 10.2. The number of ether oxygens (including phenoxy) is 2. The second kappa shape index (κ2) is 15.5. The lowest BCUT2D eigenvalue weighted by molar-refractivity contribution is -0.124. The maximum Gasteiger partial charge on any atom is 0.165 e. The van der Waals surface area contributed by atoms with E-state index in [1.165, 1.54) is 69.1 Å². The SMILES string of the molecule is C=CC1=CC2C(C)CC(CC3=CC(C)=C(OC4CCC(CC)CC4)CC3)CC2C(CC2CC(CC)C=NC2C2CCOCC2)C1=O. The fourth-order valence-electron chi connectivity index (χ4n) is 10.6. The van der Waals surface area contributed by atoms with Gasteiger partial charge in [-0.15, -0.1) is 0 Å². The number of allylic oxidation sites excluding steroid dienone is 7. The first-order chi connectivity index (χ1) is 22.4. The molecule has 0 aromatic carbocycles. The Morgan fingerprint density at radius 2 is 1.78 bits per heavy atom. The van der Waals surface area contributed by atoms with Gasteiger partial charge in [-0.05, 0) is 143 Å². The summed E-state index contributed by atoms with van der Waals surface area (Å²) in [5.74, 6) is 6.37. The van der Waals surface area contributed by atoms with Crippen molar-refractivity contribution in [2.75, 3.05) is 13.2 Å². The average molecular weight is 630 g/mol. The zero-order valence-corrected chi connectivity index (χ0v) is 29.6. The van der Waals surface area contributed by atoms with Crippen LogP contribution in [0.2, 0.25) is 0 Å². The zero-order chi connectivity index (χ0) is 32.2. The van der Waals surface area contributed by atoms with Crippen LogP contribution in [-0.2, 0) is 14.3 Å². The van der Waals surface area contributed by atoms with E-state index in [9.17, 15) is 4.79 Å². The molecule has 6 aliphatic rings. The van der Waals surface area contributed by atoms with Gasteiger partial charge in [-0.2, -0.15) is 0 Å². The Hall–Kier alpha value is -1.94. The van der Waals surface area contributed by atoms with Crippen molar-refractivity contribution in [1.29, 1.82) is 0 Å². The van der Waals surface area contributed by atoms with Gasteiger partial charge in [0.25, 0.3) is 0 Å². The third-order valence-electron chi connectivity index (χ3n) is 13.3. The van der Waals surface area contributed by atoms with E-state index in [2.05, 4.69) is 52.6 Å². The molecule has 0 amide bonds. The number of hydrogen-bond donors (Lipinski definition) is 0. The van der Waals surface area contributed by atoms with Gasteiger partial charge in [-0.3, -0.25) is 9.79 Å². The molecule has 8 unspecified atom stereocenters. The minimum absolute atomic E-state index is 0.0937. The largest absolute Gasteiger partial charge is 0.494 e. The molecule has 0 spiro atoms. The molecule has 0 radical (unpaired) electrons. The highest BCUT2D eigenvalue weighted by atomic mass is 16.5. The zero-order valence-electron chi connectivity index (χ0n) is 29.6. The number of rotatable bonds is 10. The van der Waals surface area contributed by atoms with E-state index in [4.69, 9.17) is 14.5 Å². The lowest BCUT2D eigenvalue weighted by atomic mass is 9.57. The summed E-state index contributed by atoms with van der Waals surface area (Å²) < 4.78 is 12.4. The molecule has 8 atom stereocenters. The van der Waals surface area contributed by atoms with Crippen LogP contribution in [0.5, 0.6) is 0 Å². The van der Waals surface area contributed by atoms with Crippen molar-refractivity contribution in [3.05, 3.63) is 47.3 Å². The summed E-state index contributed by atoms with van der Waals surface area (Å²) in [6, 6.07) is 0.341. The fourth-order valence-corrected chi connectivity index (χ4v) is 10.6. The molecule has 254 valence electrons. The third kappa shape index (κ3) is 7.68. The summed E-state index contributed by atoms with van der Waals surface area (Å²) in [5, 5.41) is 0. The van der Waals surface area contributed by atoms with E-state index < -0.39 is 0 Å². The van der Waals surface area contributed by atoms with Crippen molar-refractivity contribution in [2.45, 2.75) is 136 Å². The molecular formula is C42H63NO3. The number of ketones is 1. The number of nitrogens with zero attached hydrogens (tertiary/aromatic N) is 1. The predicted molar refractivity (Wildman–Crippen MR) is 190 cm³/mol. The quantitative estimate of drug-likeness (QED) is 0.242. The lowest BCUT2D eigenvalue weighted by Crippen LogP contribution is -2.44. The number of hydrogen-bond acceptors (Lipinski definition) is 4. The highest BCUT2D eigenvalue weighted by molar-refractivity contribution is 6.00. The topological polar surface area (TPSA) is 47.9 Å². The van der Waals surface area contributed by atoms with E-state index in [1.54, 1.807) is 5.57 Å². The molecule has 6 rings (SSSR count). The van der Waals surface area contributed by atoms with Gasteiger partial charge < -0.3 is 9.47 Å². The summed E-state index contributed by atoms with van der Waals surface area (Å²) >= 11 is 0. The van der Waals surface area contributed by atoms with Crippen molar-refractivity contribution in [3.63, 3.8) is 0 Å². The van der Waals surface area contributed by atoms with Crippen LogP contribution in [0.4, 0.5) is 0 Å². The molecule has 2 saturated carbocycles. The van der Waals surface area contributed by atoms with E-state index in [-0.39, 0.29) is 5.92 Å². The molecule has 3 fully saturated rings. The van der Waals surface area contributed by atoms with Gasteiger partial charge in [-0.25, -0.2) is 0 Å². The summed E-state index contributed by atoms with van der Waals surface area (Å²) in [5.41, 5.74) is 3.84. The number of aliphatic imine (C=N–C) groups is 1. The van der Waals surface area contributed by atoms with Crippen LogP contribution in [0.3, 0.4) is 0 Å². The van der Waals surface area contributed by atoms with E-state index in [0.29, 0.717) is 59.4 Å². The van der Waals surface area contributed by atoms with Crippen LogP contribution in [0.1, 0.15) is 124 Å². The second-order valence-corrected chi connectivity index (χ2v) is 16.3. The highest BCUT2D eigenvalue weighted by Crippen LogP contribution is 2.51. The van der Waals surface area contributed by atoms with Crippen molar-refractivity contribution < 1.29 is 14.3 Å². The monoisotopic (exact) mass is 629 g/mol. The number of Topliss-reactive ketones (excluding diaryl/α,β-unsaturated/α-hetero) is 1. The molecule has 0 aromatic rings. The van der Waals surface area contributed by atoms with Crippen LogP contribution in [0.25, 0.3) is 0 Å². The summed E-state index contributed by atoms with van der Waals surface area (Å²) in [6.45, 7) is 15.2. The Balaban J connectivity index is 1.16. The first-order valence-electron chi connectivity index (χ1n) is 19.4. The van der Waals surface area contributed by atoms with Gasteiger partial charge in [0, 0.05) is 37.3 Å². The van der Waals surface area contributed by atoms with Gasteiger partial charge in [0.05, 0.1) is 17.9 Å². The molecule has 0 N–H and O–H groups in total. The van der Waals surface area contributed by atoms with Gasteiger partial charge in [0.15, 0.2) is 5.78 Å². The Labute approximate surface area is 280 Å². The molecule has 0 aromatic heterocycles. The Bertz CT molecular complexity index is 1200.